The van der Waals surface area contributed by atoms with E-state index in [4.69, 9.17) is 0 Å². The summed E-state index contributed by atoms with van der Waals surface area (Å²) in [6.45, 7) is 3.30. The van der Waals surface area contributed by atoms with Gasteiger partial charge in [-0.2, -0.15) is 0 Å². The molecule has 0 saturated heterocycles. The fraction of sp³-hybridized carbons (Fsp3) is 0.583. The lowest BCUT2D eigenvalue weighted by Gasteiger charge is -2.11. The van der Waals surface area contributed by atoms with E-state index < -0.39 is 0 Å². The Morgan fingerprint density at radius 1 is 1.50 bits per heavy atom. The number of hydrogen-bond donors (Lipinski definition) is 1. The van der Waals surface area contributed by atoms with Crippen LogP contribution in [0.4, 0.5) is 0 Å². The van der Waals surface area contributed by atoms with Gasteiger partial charge in [-0.3, -0.25) is 4.98 Å². The SMILES string of the molecule is CC1CCC(NCc2cccnc2)C1. The Balaban J connectivity index is 1.78. The third kappa shape index (κ3) is 2.55. The molecule has 1 N–H and O–H groups in total. The van der Waals surface area contributed by atoms with Gasteiger partial charge in [0.15, 0.2) is 0 Å². The second-order valence-electron chi connectivity index (χ2n) is 4.36. The normalized spacial score (nSPS) is 26.6. The first kappa shape index (κ1) is 9.66. The Bertz CT molecular complexity index is 271. The van der Waals surface area contributed by atoms with Gasteiger partial charge in [-0.25, -0.2) is 0 Å². The van der Waals surface area contributed by atoms with E-state index in [-0.39, 0.29) is 0 Å². The van der Waals surface area contributed by atoms with Gasteiger partial charge in [0, 0.05) is 25.0 Å². The van der Waals surface area contributed by atoms with Crippen LogP contribution in [-0.2, 0) is 6.54 Å². The van der Waals surface area contributed by atoms with E-state index in [0.717, 1.165) is 18.5 Å². The zero-order valence-corrected chi connectivity index (χ0v) is 8.74. The van der Waals surface area contributed by atoms with Crippen LogP contribution in [-0.4, -0.2) is 11.0 Å². The van der Waals surface area contributed by atoms with Crippen molar-refractivity contribution in [1.29, 1.82) is 0 Å². The van der Waals surface area contributed by atoms with Crippen LogP contribution in [0, 0.1) is 5.92 Å². The molecule has 1 aliphatic rings. The highest BCUT2D eigenvalue weighted by Gasteiger charge is 2.20. The van der Waals surface area contributed by atoms with E-state index in [9.17, 15) is 0 Å². The average Bonchev–Trinajstić information content (AvgIpc) is 2.63. The van der Waals surface area contributed by atoms with E-state index in [0.29, 0.717) is 0 Å². The zero-order valence-electron chi connectivity index (χ0n) is 8.74. The molecule has 76 valence electrons. The Labute approximate surface area is 85.7 Å². The molecule has 1 saturated carbocycles. The van der Waals surface area contributed by atoms with E-state index in [1.54, 1.807) is 0 Å². The number of hydrogen-bond acceptors (Lipinski definition) is 2. The second kappa shape index (κ2) is 4.56. The van der Waals surface area contributed by atoms with Crippen LogP contribution in [0.2, 0.25) is 0 Å². The standard InChI is InChI=1S/C12H18N2/c1-10-4-5-12(7-10)14-9-11-3-2-6-13-8-11/h2-3,6,8,10,12,14H,4-5,7,9H2,1H3. The summed E-state index contributed by atoms with van der Waals surface area (Å²) in [6, 6.07) is 4.84. The highest BCUT2D eigenvalue weighted by atomic mass is 14.9. The summed E-state index contributed by atoms with van der Waals surface area (Å²) in [6.07, 6.45) is 7.80. The van der Waals surface area contributed by atoms with Gasteiger partial charge in [0.25, 0.3) is 0 Å². The van der Waals surface area contributed by atoms with E-state index in [1.807, 2.05) is 18.5 Å². The maximum atomic E-state index is 4.10. The van der Waals surface area contributed by atoms with Crippen molar-refractivity contribution < 1.29 is 0 Å². The van der Waals surface area contributed by atoms with Crippen molar-refractivity contribution in [2.24, 2.45) is 5.92 Å². The maximum Gasteiger partial charge on any atom is 0.0312 e. The molecule has 0 aliphatic heterocycles. The summed E-state index contributed by atoms with van der Waals surface area (Å²) < 4.78 is 0. The molecule has 1 heterocycles. The van der Waals surface area contributed by atoms with Crippen LogP contribution in [0.3, 0.4) is 0 Å². The minimum atomic E-state index is 0.727. The topological polar surface area (TPSA) is 24.9 Å². The van der Waals surface area contributed by atoms with Gasteiger partial charge in [-0.1, -0.05) is 13.0 Å². The van der Waals surface area contributed by atoms with Crippen molar-refractivity contribution in [3.63, 3.8) is 0 Å². The van der Waals surface area contributed by atoms with Gasteiger partial charge >= 0.3 is 0 Å². The molecule has 0 aromatic carbocycles. The average molecular weight is 190 g/mol. The van der Waals surface area contributed by atoms with Gasteiger partial charge in [0.1, 0.15) is 0 Å². The molecular formula is C12H18N2. The first-order valence-corrected chi connectivity index (χ1v) is 5.47. The van der Waals surface area contributed by atoms with Gasteiger partial charge < -0.3 is 5.32 Å². The number of aromatic nitrogens is 1. The Kier molecular flexibility index (Phi) is 3.14. The highest BCUT2D eigenvalue weighted by Crippen LogP contribution is 2.24. The molecule has 0 radical (unpaired) electrons. The first-order chi connectivity index (χ1) is 6.84. The molecule has 2 unspecified atom stereocenters. The summed E-state index contributed by atoms with van der Waals surface area (Å²) in [5, 5.41) is 3.59. The molecule has 2 heteroatoms. The Hall–Kier alpha value is -0.890. The van der Waals surface area contributed by atoms with Gasteiger partial charge in [-0.05, 0) is 36.8 Å². The minimum Gasteiger partial charge on any atom is -0.310 e. The lowest BCUT2D eigenvalue weighted by molar-refractivity contribution is 0.502. The van der Waals surface area contributed by atoms with E-state index in [1.165, 1.54) is 24.8 Å². The number of rotatable bonds is 3. The molecule has 2 rings (SSSR count). The number of pyridine rings is 1. The van der Waals surface area contributed by atoms with Crippen molar-refractivity contribution in [2.75, 3.05) is 0 Å². The van der Waals surface area contributed by atoms with E-state index >= 15 is 0 Å². The molecule has 0 bridgehead atoms. The van der Waals surface area contributed by atoms with Crippen LogP contribution in [0.25, 0.3) is 0 Å². The fourth-order valence-corrected chi connectivity index (χ4v) is 2.16. The molecule has 1 aliphatic carbocycles. The third-order valence-electron chi connectivity index (χ3n) is 3.01. The van der Waals surface area contributed by atoms with Gasteiger partial charge in [0.2, 0.25) is 0 Å². The van der Waals surface area contributed by atoms with Crippen LogP contribution >= 0.6 is 0 Å². The quantitative estimate of drug-likeness (QED) is 0.791. The third-order valence-corrected chi connectivity index (χ3v) is 3.01. The van der Waals surface area contributed by atoms with Crippen molar-refractivity contribution in [3.8, 4) is 0 Å². The Morgan fingerprint density at radius 3 is 3.07 bits per heavy atom. The summed E-state index contributed by atoms with van der Waals surface area (Å²) >= 11 is 0. The van der Waals surface area contributed by atoms with Crippen molar-refractivity contribution in [1.82, 2.24) is 10.3 Å². The number of nitrogens with one attached hydrogen (secondary N) is 1. The van der Waals surface area contributed by atoms with Crippen LogP contribution < -0.4 is 5.32 Å². The first-order valence-electron chi connectivity index (χ1n) is 5.47. The van der Waals surface area contributed by atoms with Crippen molar-refractivity contribution >= 4 is 0 Å². The molecule has 0 spiro atoms. The lowest BCUT2D eigenvalue weighted by Crippen LogP contribution is -2.25. The molecule has 1 aromatic heterocycles. The summed E-state index contributed by atoms with van der Waals surface area (Å²) in [4.78, 5) is 4.10. The number of nitrogens with zero attached hydrogens (tertiary/aromatic N) is 1. The summed E-state index contributed by atoms with van der Waals surface area (Å²) in [7, 11) is 0. The van der Waals surface area contributed by atoms with Crippen molar-refractivity contribution in [3.05, 3.63) is 30.1 Å². The largest absolute Gasteiger partial charge is 0.310 e. The summed E-state index contributed by atoms with van der Waals surface area (Å²) in [5.74, 6) is 0.904. The summed E-state index contributed by atoms with van der Waals surface area (Å²) in [5.41, 5.74) is 1.28. The molecule has 1 aromatic rings. The van der Waals surface area contributed by atoms with E-state index in [2.05, 4.69) is 23.3 Å². The molecule has 1 fully saturated rings. The minimum absolute atomic E-state index is 0.727. The predicted octanol–water partition coefficient (Wildman–Crippen LogP) is 2.36. The van der Waals surface area contributed by atoms with Crippen LogP contribution in [0.5, 0.6) is 0 Å². The molecule has 0 amide bonds. The molecule has 2 nitrogen and oxygen atoms in total. The molecule has 2 atom stereocenters. The molecular weight excluding hydrogens is 172 g/mol. The Morgan fingerprint density at radius 2 is 2.43 bits per heavy atom. The second-order valence-corrected chi connectivity index (χ2v) is 4.36. The predicted molar refractivity (Wildman–Crippen MR) is 57.9 cm³/mol. The lowest BCUT2D eigenvalue weighted by atomic mass is 10.1. The fourth-order valence-electron chi connectivity index (χ4n) is 2.16. The van der Waals surface area contributed by atoms with Crippen LogP contribution in [0.15, 0.2) is 24.5 Å². The van der Waals surface area contributed by atoms with Gasteiger partial charge in [0.05, 0.1) is 0 Å². The van der Waals surface area contributed by atoms with Gasteiger partial charge in [-0.15, -0.1) is 0 Å². The maximum absolute atomic E-state index is 4.10. The monoisotopic (exact) mass is 190 g/mol. The zero-order chi connectivity index (χ0) is 9.80. The molecule has 14 heavy (non-hydrogen) atoms. The highest BCUT2D eigenvalue weighted by molar-refractivity contribution is 5.08. The smallest absolute Gasteiger partial charge is 0.0312 e. The van der Waals surface area contributed by atoms with Crippen LogP contribution in [0.1, 0.15) is 31.7 Å². The van der Waals surface area contributed by atoms with Crippen molar-refractivity contribution in [2.45, 2.75) is 38.8 Å².